The van der Waals surface area contributed by atoms with E-state index >= 15 is 0 Å². The van der Waals surface area contributed by atoms with E-state index in [4.69, 9.17) is 0 Å². The number of carbonyl (C=O) groups excluding carboxylic acids is 1. The molecule has 21 heavy (non-hydrogen) atoms. The second-order valence-corrected chi connectivity index (χ2v) is 6.03. The van der Waals surface area contributed by atoms with Crippen molar-refractivity contribution in [1.82, 2.24) is 5.32 Å². The molecule has 0 aliphatic heterocycles. The molecule has 2 atom stereocenters. The summed E-state index contributed by atoms with van der Waals surface area (Å²) in [5.74, 6) is -0.457. The van der Waals surface area contributed by atoms with Crippen LogP contribution in [0.2, 0.25) is 0 Å². The molecule has 0 saturated carbocycles. The second kappa shape index (κ2) is 6.83. The normalized spacial score (nSPS) is 13.7. The van der Waals surface area contributed by atoms with E-state index in [0.717, 1.165) is 5.56 Å². The van der Waals surface area contributed by atoms with Gasteiger partial charge < -0.3 is 10.4 Å². The summed E-state index contributed by atoms with van der Waals surface area (Å²) in [5, 5.41) is 14.9. The molecule has 2 N–H and O–H groups in total. The number of hydrogen-bond acceptors (Lipinski definition) is 3. The predicted molar refractivity (Wildman–Crippen MR) is 82.0 cm³/mol. The van der Waals surface area contributed by atoms with Gasteiger partial charge in [-0.3, -0.25) is 4.79 Å². The summed E-state index contributed by atoms with van der Waals surface area (Å²) in [5.41, 5.74) is 1.59. The molecule has 0 bridgehead atoms. The average Bonchev–Trinajstić information content (AvgIpc) is 2.85. The van der Waals surface area contributed by atoms with Gasteiger partial charge in [0.1, 0.15) is 5.82 Å². The van der Waals surface area contributed by atoms with Crippen LogP contribution in [0.3, 0.4) is 0 Å². The highest BCUT2D eigenvalue weighted by Crippen LogP contribution is 2.20. The molecule has 0 radical (unpaired) electrons. The molecule has 1 aromatic carbocycles. The average molecular weight is 307 g/mol. The third-order valence-corrected chi connectivity index (χ3v) is 4.29. The van der Waals surface area contributed by atoms with Crippen molar-refractivity contribution >= 4 is 17.2 Å². The maximum Gasteiger partial charge on any atom is 0.261 e. The highest BCUT2D eigenvalue weighted by atomic mass is 32.1. The third-order valence-electron chi connectivity index (χ3n) is 3.28. The number of nitrogens with one attached hydrogen (secondary N) is 1. The number of hydrogen-bond donors (Lipinski definition) is 2. The van der Waals surface area contributed by atoms with Crippen LogP contribution in [0, 0.1) is 12.7 Å². The number of halogens is 1. The lowest BCUT2D eigenvalue weighted by Gasteiger charge is -2.18. The third kappa shape index (κ3) is 4.12. The van der Waals surface area contributed by atoms with Gasteiger partial charge in [0.05, 0.1) is 11.0 Å². The fourth-order valence-electron chi connectivity index (χ4n) is 2.11. The van der Waals surface area contributed by atoms with Crippen molar-refractivity contribution in [3.05, 3.63) is 57.5 Å². The van der Waals surface area contributed by atoms with Gasteiger partial charge in [0, 0.05) is 6.04 Å². The first-order valence-corrected chi connectivity index (χ1v) is 7.64. The number of aliphatic hydroxyl groups excluding tert-OH is 1. The van der Waals surface area contributed by atoms with E-state index in [-0.39, 0.29) is 17.8 Å². The van der Waals surface area contributed by atoms with Crippen molar-refractivity contribution in [3.63, 3.8) is 0 Å². The van der Waals surface area contributed by atoms with Crippen LogP contribution in [0.25, 0.3) is 0 Å². The maximum absolute atomic E-state index is 12.8. The molecular weight excluding hydrogens is 289 g/mol. The summed E-state index contributed by atoms with van der Waals surface area (Å²) in [7, 11) is 0. The minimum atomic E-state index is -0.731. The van der Waals surface area contributed by atoms with Gasteiger partial charge in [-0.05, 0) is 55.0 Å². The standard InChI is InChI=1S/C16H18FNO2S/c1-10-7-8-21-15(10)16(20)18-11(2)9-14(19)12-3-5-13(17)6-4-12/h3-8,11,14,19H,9H2,1-2H3,(H,18,20). The lowest BCUT2D eigenvalue weighted by Crippen LogP contribution is -2.33. The molecule has 0 spiro atoms. The molecule has 0 aliphatic rings. The molecule has 1 heterocycles. The fraction of sp³-hybridized carbons (Fsp3) is 0.312. The Morgan fingerprint density at radius 3 is 2.57 bits per heavy atom. The number of aryl methyl sites for hydroxylation is 1. The van der Waals surface area contributed by atoms with Gasteiger partial charge in [-0.2, -0.15) is 0 Å². The lowest BCUT2D eigenvalue weighted by molar-refractivity contribution is 0.0920. The topological polar surface area (TPSA) is 49.3 Å². The van der Waals surface area contributed by atoms with E-state index < -0.39 is 6.10 Å². The van der Waals surface area contributed by atoms with Crippen LogP contribution in [0.15, 0.2) is 35.7 Å². The van der Waals surface area contributed by atoms with E-state index in [9.17, 15) is 14.3 Å². The molecular formula is C16H18FNO2S. The Bertz CT molecular complexity index is 609. The van der Waals surface area contributed by atoms with Crippen LogP contribution < -0.4 is 5.32 Å². The minimum absolute atomic E-state index is 0.124. The molecule has 112 valence electrons. The lowest BCUT2D eigenvalue weighted by atomic mass is 10.0. The number of thiophene rings is 1. The Labute approximate surface area is 127 Å². The molecule has 3 nitrogen and oxygen atoms in total. The molecule has 0 aliphatic carbocycles. The summed E-state index contributed by atoms with van der Waals surface area (Å²) < 4.78 is 12.8. The Morgan fingerprint density at radius 2 is 2.00 bits per heavy atom. The Morgan fingerprint density at radius 1 is 1.33 bits per heavy atom. The Kier molecular flexibility index (Phi) is 5.09. The van der Waals surface area contributed by atoms with Crippen molar-refractivity contribution in [1.29, 1.82) is 0 Å². The quantitative estimate of drug-likeness (QED) is 0.889. The summed E-state index contributed by atoms with van der Waals surface area (Å²) in [6.45, 7) is 3.73. The molecule has 2 aromatic rings. The Hall–Kier alpha value is -1.72. The molecule has 5 heteroatoms. The Balaban J connectivity index is 1.92. The van der Waals surface area contributed by atoms with Crippen molar-refractivity contribution in [2.24, 2.45) is 0 Å². The first kappa shape index (κ1) is 15.7. The van der Waals surface area contributed by atoms with Crippen LogP contribution in [-0.2, 0) is 0 Å². The van der Waals surface area contributed by atoms with Crippen LogP contribution >= 0.6 is 11.3 Å². The SMILES string of the molecule is Cc1ccsc1C(=O)NC(C)CC(O)c1ccc(F)cc1. The largest absolute Gasteiger partial charge is 0.388 e. The first-order valence-electron chi connectivity index (χ1n) is 6.76. The number of carbonyl (C=O) groups is 1. The minimum Gasteiger partial charge on any atom is -0.388 e. The predicted octanol–water partition coefficient (Wildman–Crippen LogP) is 3.44. The van der Waals surface area contributed by atoms with E-state index in [1.165, 1.54) is 23.5 Å². The highest BCUT2D eigenvalue weighted by Gasteiger charge is 2.17. The van der Waals surface area contributed by atoms with Gasteiger partial charge in [-0.25, -0.2) is 4.39 Å². The zero-order chi connectivity index (χ0) is 15.4. The van der Waals surface area contributed by atoms with Gasteiger partial charge >= 0.3 is 0 Å². The van der Waals surface area contributed by atoms with E-state index in [0.29, 0.717) is 16.9 Å². The van der Waals surface area contributed by atoms with Crippen LogP contribution in [0.4, 0.5) is 4.39 Å². The summed E-state index contributed by atoms with van der Waals surface area (Å²) in [6.07, 6.45) is -0.354. The van der Waals surface area contributed by atoms with Crippen molar-refractivity contribution in [2.75, 3.05) is 0 Å². The molecule has 2 rings (SSSR count). The van der Waals surface area contributed by atoms with Gasteiger partial charge in [-0.1, -0.05) is 12.1 Å². The zero-order valence-corrected chi connectivity index (χ0v) is 12.8. The molecule has 0 fully saturated rings. The van der Waals surface area contributed by atoms with Crippen molar-refractivity contribution in [3.8, 4) is 0 Å². The molecule has 1 amide bonds. The number of rotatable bonds is 5. The van der Waals surface area contributed by atoms with Crippen LogP contribution in [0.5, 0.6) is 0 Å². The van der Waals surface area contributed by atoms with Crippen LogP contribution in [-0.4, -0.2) is 17.1 Å². The molecule has 0 saturated heterocycles. The summed E-state index contributed by atoms with van der Waals surface area (Å²) >= 11 is 1.40. The van der Waals surface area contributed by atoms with Crippen molar-refractivity contribution < 1.29 is 14.3 Å². The van der Waals surface area contributed by atoms with Crippen LogP contribution in [0.1, 0.15) is 40.2 Å². The molecule has 2 unspecified atom stereocenters. The number of amides is 1. The zero-order valence-electron chi connectivity index (χ0n) is 12.0. The van der Waals surface area contributed by atoms with Gasteiger partial charge in [0.25, 0.3) is 5.91 Å². The van der Waals surface area contributed by atoms with E-state index in [1.54, 1.807) is 12.1 Å². The smallest absolute Gasteiger partial charge is 0.261 e. The number of aliphatic hydroxyl groups is 1. The van der Waals surface area contributed by atoms with Crippen molar-refractivity contribution in [2.45, 2.75) is 32.4 Å². The fourth-order valence-corrected chi connectivity index (χ4v) is 2.94. The number of benzene rings is 1. The summed E-state index contributed by atoms with van der Waals surface area (Å²) in [4.78, 5) is 12.8. The van der Waals surface area contributed by atoms with Gasteiger partial charge in [0.2, 0.25) is 0 Å². The maximum atomic E-state index is 12.8. The highest BCUT2D eigenvalue weighted by molar-refractivity contribution is 7.12. The second-order valence-electron chi connectivity index (χ2n) is 5.11. The van der Waals surface area contributed by atoms with E-state index in [1.807, 2.05) is 25.3 Å². The summed E-state index contributed by atoms with van der Waals surface area (Å²) in [6, 6.07) is 7.46. The molecule has 1 aromatic heterocycles. The monoisotopic (exact) mass is 307 g/mol. The van der Waals surface area contributed by atoms with E-state index in [2.05, 4.69) is 5.32 Å². The van der Waals surface area contributed by atoms with Gasteiger partial charge in [-0.15, -0.1) is 11.3 Å². The van der Waals surface area contributed by atoms with Gasteiger partial charge in [0.15, 0.2) is 0 Å². The first-order chi connectivity index (χ1) is 9.97.